The Morgan fingerprint density at radius 3 is 2.21 bits per heavy atom. The van der Waals surface area contributed by atoms with Crippen LogP contribution >= 0.6 is 0 Å². The molecule has 1 fully saturated rings. The number of carbonyl (C=O) groups is 1. The van der Waals surface area contributed by atoms with Crippen molar-refractivity contribution in [1.29, 1.82) is 0 Å². The van der Waals surface area contributed by atoms with Crippen LogP contribution in [-0.2, 0) is 10.0 Å². The SMILES string of the molecule is CC(C)(C)NS(=O)(=O)c1ccc(C(=O)Nc2ccc(N3CCCCC3)nc2)cc1. The number of benzene rings is 1. The Kier molecular flexibility index (Phi) is 6.24. The molecule has 1 saturated heterocycles. The van der Waals surface area contributed by atoms with Crippen molar-refractivity contribution in [2.24, 2.45) is 0 Å². The van der Waals surface area contributed by atoms with Gasteiger partial charge in [-0.1, -0.05) is 0 Å². The van der Waals surface area contributed by atoms with Gasteiger partial charge in [0.15, 0.2) is 0 Å². The average molecular weight is 417 g/mol. The van der Waals surface area contributed by atoms with E-state index in [1.54, 1.807) is 27.0 Å². The standard InChI is InChI=1S/C21H28N4O3S/c1-21(2,3)24-29(27,28)18-10-7-16(8-11-18)20(26)23-17-9-12-19(22-15-17)25-13-5-4-6-14-25/h7-12,15,24H,4-6,13-14H2,1-3H3,(H,23,26). The lowest BCUT2D eigenvalue weighted by molar-refractivity contribution is 0.102. The summed E-state index contributed by atoms with van der Waals surface area (Å²) < 4.78 is 27.3. The van der Waals surface area contributed by atoms with Gasteiger partial charge in [-0.3, -0.25) is 4.79 Å². The van der Waals surface area contributed by atoms with Gasteiger partial charge in [0.2, 0.25) is 10.0 Å². The molecule has 1 aliphatic rings. The first-order chi connectivity index (χ1) is 13.6. The summed E-state index contributed by atoms with van der Waals surface area (Å²) in [6, 6.07) is 9.61. The smallest absolute Gasteiger partial charge is 0.255 e. The normalized spacial score (nSPS) is 15.2. The van der Waals surface area contributed by atoms with Crippen LogP contribution in [0.15, 0.2) is 47.5 Å². The Labute approximate surface area is 172 Å². The van der Waals surface area contributed by atoms with Gasteiger partial charge in [0.1, 0.15) is 5.82 Å². The zero-order chi connectivity index (χ0) is 21.1. The fourth-order valence-corrected chi connectivity index (χ4v) is 4.64. The molecule has 2 N–H and O–H groups in total. The van der Waals surface area contributed by atoms with Gasteiger partial charge in [-0.2, -0.15) is 0 Å². The molecule has 0 bridgehead atoms. The largest absolute Gasteiger partial charge is 0.357 e. The fraction of sp³-hybridized carbons (Fsp3) is 0.429. The van der Waals surface area contributed by atoms with E-state index in [4.69, 9.17) is 0 Å². The highest BCUT2D eigenvalue weighted by Crippen LogP contribution is 2.20. The second kappa shape index (κ2) is 8.51. The van der Waals surface area contributed by atoms with Crippen LogP contribution in [0.4, 0.5) is 11.5 Å². The fourth-order valence-electron chi connectivity index (χ4n) is 3.22. The molecule has 0 radical (unpaired) electrons. The molecule has 0 aliphatic carbocycles. The molecule has 8 heteroatoms. The Hall–Kier alpha value is -2.45. The zero-order valence-corrected chi connectivity index (χ0v) is 17.9. The van der Waals surface area contributed by atoms with E-state index >= 15 is 0 Å². The van der Waals surface area contributed by atoms with Crippen LogP contribution in [-0.4, -0.2) is 37.9 Å². The van der Waals surface area contributed by atoms with Crippen molar-refractivity contribution in [3.63, 3.8) is 0 Å². The molecule has 1 amide bonds. The molecule has 156 valence electrons. The first-order valence-electron chi connectivity index (χ1n) is 9.80. The maximum Gasteiger partial charge on any atom is 0.255 e. The van der Waals surface area contributed by atoms with Crippen molar-refractivity contribution in [1.82, 2.24) is 9.71 Å². The Balaban J connectivity index is 1.65. The van der Waals surface area contributed by atoms with E-state index in [1.165, 1.54) is 43.5 Å². The molecule has 29 heavy (non-hydrogen) atoms. The van der Waals surface area contributed by atoms with E-state index in [2.05, 4.69) is 19.9 Å². The lowest BCUT2D eigenvalue weighted by Gasteiger charge is -2.27. The van der Waals surface area contributed by atoms with Crippen LogP contribution in [0.1, 0.15) is 50.4 Å². The molecule has 1 aliphatic heterocycles. The quantitative estimate of drug-likeness (QED) is 0.779. The number of anilines is 2. The molecule has 0 saturated carbocycles. The minimum atomic E-state index is -3.63. The van der Waals surface area contributed by atoms with Crippen molar-refractivity contribution in [2.45, 2.75) is 50.5 Å². The van der Waals surface area contributed by atoms with Gasteiger partial charge in [0, 0.05) is 24.2 Å². The van der Waals surface area contributed by atoms with Crippen LogP contribution in [0.25, 0.3) is 0 Å². The number of nitrogens with zero attached hydrogens (tertiary/aromatic N) is 2. The number of hydrogen-bond acceptors (Lipinski definition) is 5. The maximum absolute atomic E-state index is 12.5. The van der Waals surface area contributed by atoms with Crippen molar-refractivity contribution in [3.05, 3.63) is 48.2 Å². The highest BCUT2D eigenvalue weighted by atomic mass is 32.2. The summed E-state index contributed by atoms with van der Waals surface area (Å²) in [6.45, 7) is 7.35. The summed E-state index contributed by atoms with van der Waals surface area (Å²) in [5, 5.41) is 2.80. The first kappa shape index (κ1) is 21.3. The molecular formula is C21H28N4O3S. The molecule has 2 heterocycles. The van der Waals surface area contributed by atoms with Crippen LogP contribution in [0, 0.1) is 0 Å². The summed E-state index contributed by atoms with van der Waals surface area (Å²) in [7, 11) is -3.63. The maximum atomic E-state index is 12.5. The number of hydrogen-bond donors (Lipinski definition) is 2. The van der Waals surface area contributed by atoms with Gasteiger partial charge < -0.3 is 10.2 Å². The third-order valence-corrected chi connectivity index (χ3v) is 6.33. The average Bonchev–Trinajstić information content (AvgIpc) is 2.67. The monoisotopic (exact) mass is 416 g/mol. The van der Waals surface area contributed by atoms with E-state index in [0.29, 0.717) is 11.3 Å². The van der Waals surface area contributed by atoms with Gasteiger partial charge in [-0.25, -0.2) is 18.1 Å². The molecule has 1 aromatic carbocycles. The van der Waals surface area contributed by atoms with Crippen molar-refractivity contribution >= 4 is 27.4 Å². The molecule has 0 unspecified atom stereocenters. The van der Waals surface area contributed by atoms with Gasteiger partial charge >= 0.3 is 0 Å². The third kappa shape index (κ3) is 5.77. The summed E-state index contributed by atoms with van der Waals surface area (Å²) >= 11 is 0. The van der Waals surface area contributed by atoms with Crippen LogP contribution in [0.3, 0.4) is 0 Å². The molecule has 0 atom stereocenters. The Bertz CT molecular complexity index is 943. The van der Waals surface area contributed by atoms with E-state index < -0.39 is 15.6 Å². The number of rotatable bonds is 5. The highest BCUT2D eigenvalue weighted by Gasteiger charge is 2.22. The second-order valence-electron chi connectivity index (χ2n) is 8.29. The van der Waals surface area contributed by atoms with Crippen LogP contribution < -0.4 is 14.9 Å². The minimum absolute atomic E-state index is 0.122. The highest BCUT2D eigenvalue weighted by molar-refractivity contribution is 7.89. The molecule has 0 spiro atoms. The number of nitrogens with one attached hydrogen (secondary N) is 2. The number of sulfonamides is 1. The van der Waals surface area contributed by atoms with E-state index in [9.17, 15) is 13.2 Å². The third-order valence-electron chi connectivity index (χ3n) is 4.55. The minimum Gasteiger partial charge on any atom is -0.357 e. The number of pyridine rings is 1. The second-order valence-corrected chi connectivity index (χ2v) is 9.97. The summed E-state index contributed by atoms with van der Waals surface area (Å²) in [5.74, 6) is 0.605. The van der Waals surface area contributed by atoms with Gasteiger partial charge in [0.05, 0.1) is 16.8 Å². The summed E-state index contributed by atoms with van der Waals surface area (Å²) in [5.41, 5.74) is 0.393. The molecule has 1 aromatic heterocycles. The van der Waals surface area contributed by atoms with Gasteiger partial charge in [-0.15, -0.1) is 0 Å². The lowest BCUT2D eigenvalue weighted by atomic mass is 10.1. The first-order valence-corrected chi connectivity index (χ1v) is 11.3. The van der Waals surface area contributed by atoms with Crippen molar-refractivity contribution < 1.29 is 13.2 Å². The van der Waals surface area contributed by atoms with Crippen molar-refractivity contribution in [2.75, 3.05) is 23.3 Å². The van der Waals surface area contributed by atoms with Crippen molar-refractivity contribution in [3.8, 4) is 0 Å². The summed E-state index contributed by atoms with van der Waals surface area (Å²) in [4.78, 5) is 19.3. The Morgan fingerprint density at radius 2 is 1.66 bits per heavy atom. The van der Waals surface area contributed by atoms with E-state index in [1.807, 2.05) is 12.1 Å². The molecular weight excluding hydrogens is 388 g/mol. The predicted octanol–water partition coefficient (Wildman–Crippen LogP) is 3.40. The molecule has 7 nitrogen and oxygen atoms in total. The van der Waals surface area contributed by atoms with Crippen LogP contribution in [0.5, 0.6) is 0 Å². The predicted molar refractivity (Wildman–Crippen MR) is 115 cm³/mol. The number of aromatic nitrogens is 1. The summed E-state index contributed by atoms with van der Waals surface area (Å²) in [6.07, 6.45) is 5.26. The Morgan fingerprint density at radius 1 is 1.00 bits per heavy atom. The number of carbonyl (C=O) groups excluding carboxylic acids is 1. The number of amides is 1. The van der Waals surface area contributed by atoms with E-state index in [-0.39, 0.29) is 10.8 Å². The lowest BCUT2D eigenvalue weighted by Crippen LogP contribution is -2.40. The van der Waals surface area contributed by atoms with E-state index in [0.717, 1.165) is 18.9 Å². The van der Waals surface area contributed by atoms with Gasteiger partial charge in [0.25, 0.3) is 5.91 Å². The van der Waals surface area contributed by atoms with Gasteiger partial charge in [-0.05, 0) is 76.4 Å². The zero-order valence-electron chi connectivity index (χ0n) is 17.1. The van der Waals surface area contributed by atoms with Crippen LogP contribution in [0.2, 0.25) is 0 Å². The molecule has 3 rings (SSSR count). The number of piperidine rings is 1. The topological polar surface area (TPSA) is 91.4 Å². The molecule has 2 aromatic rings.